The molecule has 0 amide bonds. The number of phenolic OH excluding ortho intramolecular Hbond substituents is 1. The zero-order chi connectivity index (χ0) is 7.56. The van der Waals surface area contributed by atoms with Crippen molar-refractivity contribution in [2.24, 2.45) is 0 Å². The summed E-state index contributed by atoms with van der Waals surface area (Å²) in [6.45, 7) is 0. The Morgan fingerprint density at radius 2 is 1.67 bits per heavy atom. The number of benzene rings is 1. The normalized spacial score (nSPS) is 7.67. The number of phenols is 1. The third-order valence-electron chi connectivity index (χ3n) is 1.10. The zero-order valence-electron chi connectivity index (χ0n) is 6.07. The number of carbonyl (C=O) groups excluding carboxylic acids is 1. The van der Waals surface area contributed by atoms with Crippen molar-refractivity contribution in [3.8, 4) is 5.75 Å². The number of aromatic hydroxyl groups is 1. The SMILES string of the molecule is C.O=C([O-])c1ccc(O)cc1.[Na+]. The van der Waals surface area contributed by atoms with Crippen molar-refractivity contribution >= 4 is 5.97 Å². The Bertz CT molecular complexity index is 243. The standard InChI is InChI=1S/C7H6O3.CH4.Na/c8-6-3-1-5(2-4-6)7(9)10;;/h1-4,8H,(H,9,10);1H4;/q;;+1/p-1. The summed E-state index contributed by atoms with van der Waals surface area (Å²) in [6.07, 6.45) is 0. The molecule has 0 aliphatic carbocycles. The first-order valence-electron chi connectivity index (χ1n) is 2.70. The van der Waals surface area contributed by atoms with Gasteiger partial charge in [0.25, 0.3) is 0 Å². The average molecular weight is 176 g/mol. The first kappa shape index (κ1) is 14.0. The van der Waals surface area contributed by atoms with Crippen LogP contribution in [0.2, 0.25) is 0 Å². The van der Waals surface area contributed by atoms with E-state index in [0.717, 1.165) is 0 Å². The molecule has 0 heterocycles. The molecule has 1 N–H and O–H groups in total. The Kier molecular flexibility index (Phi) is 7.09. The van der Waals surface area contributed by atoms with Gasteiger partial charge in [0.15, 0.2) is 0 Å². The van der Waals surface area contributed by atoms with Crippen molar-refractivity contribution in [1.82, 2.24) is 0 Å². The molecule has 0 fully saturated rings. The molecule has 0 saturated heterocycles. The molecule has 0 unspecified atom stereocenters. The van der Waals surface area contributed by atoms with Gasteiger partial charge in [-0.3, -0.25) is 0 Å². The number of hydrogen-bond acceptors (Lipinski definition) is 3. The minimum atomic E-state index is -1.24. The van der Waals surface area contributed by atoms with E-state index < -0.39 is 5.97 Å². The molecular formula is C8H9NaO3. The minimum absolute atomic E-state index is 0. The molecule has 60 valence electrons. The van der Waals surface area contributed by atoms with Crippen molar-refractivity contribution in [3.05, 3.63) is 29.8 Å². The average Bonchev–Trinajstić information content (AvgIpc) is 1.88. The summed E-state index contributed by atoms with van der Waals surface area (Å²) in [5.74, 6) is -1.19. The van der Waals surface area contributed by atoms with Gasteiger partial charge in [0, 0.05) is 0 Å². The van der Waals surface area contributed by atoms with Crippen LogP contribution < -0.4 is 34.7 Å². The monoisotopic (exact) mass is 176 g/mol. The maximum Gasteiger partial charge on any atom is 1.00 e. The number of aromatic carboxylic acids is 1. The van der Waals surface area contributed by atoms with Crippen LogP contribution in [0.4, 0.5) is 0 Å². The van der Waals surface area contributed by atoms with Crippen molar-refractivity contribution < 1.29 is 44.6 Å². The fraction of sp³-hybridized carbons (Fsp3) is 0.125. The number of hydrogen-bond donors (Lipinski definition) is 1. The Balaban J connectivity index is 0. The first-order valence-corrected chi connectivity index (χ1v) is 2.70. The van der Waals surface area contributed by atoms with Crippen LogP contribution in [0.3, 0.4) is 0 Å². The summed E-state index contributed by atoms with van der Waals surface area (Å²) in [5, 5.41) is 18.8. The van der Waals surface area contributed by atoms with Crippen LogP contribution in [0.15, 0.2) is 24.3 Å². The van der Waals surface area contributed by atoms with Crippen LogP contribution >= 0.6 is 0 Å². The molecular weight excluding hydrogens is 167 g/mol. The van der Waals surface area contributed by atoms with Crippen LogP contribution in [0.1, 0.15) is 17.8 Å². The van der Waals surface area contributed by atoms with E-state index >= 15 is 0 Å². The zero-order valence-corrected chi connectivity index (χ0v) is 8.07. The molecule has 0 aromatic heterocycles. The summed E-state index contributed by atoms with van der Waals surface area (Å²) < 4.78 is 0. The Morgan fingerprint density at radius 1 is 1.25 bits per heavy atom. The van der Waals surface area contributed by atoms with Crippen molar-refractivity contribution in [2.45, 2.75) is 7.43 Å². The van der Waals surface area contributed by atoms with Gasteiger partial charge in [0.2, 0.25) is 0 Å². The molecule has 0 aliphatic heterocycles. The second-order valence-electron chi connectivity index (χ2n) is 1.83. The van der Waals surface area contributed by atoms with Gasteiger partial charge in [0.05, 0.1) is 5.97 Å². The molecule has 0 spiro atoms. The second-order valence-corrected chi connectivity index (χ2v) is 1.83. The largest absolute Gasteiger partial charge is 1.00 e. The van der Waals surface area contributed by atoms with Crippen LogP contribution in [-0.2, 0) is 0 Å². The van der Waals surface area contributed by atoms with Crippen molar-refractivity contribution in [3.63, 3.8) is 0 Å². The molecule has 3 nitrogen and oxygen atoms in total. The van der Waals surface area contributed by atoms with Crippen LogP contribution in [-0.4, -0.2) is 11.1 Å². The maximum atomic E-state index is 10.1. The number of rotatable bonds is 1. The molecule has 1 aromatic rings. The van der Waals surface area contributed by atoms with Crippen molar-refractivity contribution in [1.29, 1.82) is 0 Å². The van der Waals surface area contributed by atoms with Gasteiger partial charge in [-0.25, -0.2) is 0 Å². The summed E-state index contributed by atoms with van der Waals surface area (Å²) in [7, 11) is 0. The van der Waals surface area contributed by atoms with Gasteiger partial charge in [-0.2, -0.15) is 0 Å². The molecule has 0 bridgehead atoms. The van der Waals surface area contributed by atoms with Gasteiger partial charge in [-0.05, 0) is 29.8 Å². The predicted octanol–water partition coefficient (Wildman–Crippen LogP) is -2.60. The van der Waals surface area contributed by atoms with E-state index in [0.29, 0.717) is 0 Å². The molecule has 0 saturated carbocycles. The van der Waals surface area contributed by atoms with E-state index in [1.54, 1.807) is 0 Å². The molecule has 1 aromatic carbocycles. The topological polar surface area (TPSA) is 60.4 Å². The first-order chi connectivity index (χ1) is 4.70. The maximum absolute atomic E-state index is 10.1. The van der Waals surface area contributed by atoms with Crippen LogP contribution in [0, 0.1) is 0 Å². The smallest absolute Gasteiger partial charge is 0.545 e. The van der Waals surface area contributed by atoms with Gasteiger partial charge in [-0.1, -0.05) is 7.43 Å². The molecule has 4 heteroatoms. The van der Waals surface area contributed by atoms with E-state index in [1.165, 1.54) is 24.3 Å². The molecule has 0 atom stereocenters. The molecule has 12 heavy (non-hydrogen) atoms. The molecule has 0 radical (unpaired) electrons. The van der Waals surface area contributed by atoms with E-state index in [9.17, 15) is 9.90 Å². The summed E-state index contributed by atoms with van der Waals surface area (Å²) in [4.78, 5) is 10.1. The van der Waals surface area contributed by atoms with Gasteiger partial charge in [0.1, 0.15) is 5.75 Å². The number of carboxylic acids is 1. The molecule has 1 rings (SSSR count). The summed E-state index contributed by atoms with van der Waals surface area (Å²) in [5.41, 5.74) is 0.0674. The second kappa shape index (κ2) is 6.06. The van der Waals surface area contributed by atoms with Crippen LogP contribution in [0.25, 0.3) is 0 Å². The minimum Gasteiger partial charge on any atom is -0.545 e. The number of carbonyl (C=O) groups is 1. The Labute approximate surface area is 93.3 Å². The van der Waals surface area contributed by atoms with E-state index in [2.05, 4.69) is 0 Å². The van der Waals surface area contributed by atoms with Gasteiger partial charge < -0.3 is 15.0 Å². The van der Waals surface area contributed by atoms with Gasteiger partial charge in [-0.15, -0.1) is 0 Å². The number of carboxylic acid groups (broad SMARTS) is 1. The quantitative estimate of drug-likeness (QED) is 0.477. The molecule has 0 aliphatic rings. The summed E-state index contributed by atoms with van der Waals surface area (Å²) >= 11 is 0. The van der Waals surface area contributed by atoms with Crippen LogP contribution in [0.5, 0.6) is 5.75 Å². The fourth-order valence-corrected chi connectivity index (χ4v) is 0.598. The van der Waals surface area contributed by atoms with E-state index in [-0.39, 0.29) is 48.3 Å². The third kappa shape index (κ3) is 3.76. The fourth-order valence-electron chi connectivity index (χ4n) is 0.598. The summed E-state index contributed by atoms with van der Waals surface area (Å²) in [6, 6.07) is 5.16. The Hall–Kier alpha value is -0.510. The van der Waals surface area contributed by atoms with Gasteiger partial charge >= 0.3 is 29.6 Å². The van der Waals surface area contributed by atoms with Crippen molar-refractivity contribution in [2.75, 3.05) is 0 Å². The van der Waals surface area contributed by atoms with E-state index in [4.69, 9.17) is 5.11 Å². The third-order valence-corrected chi connectivity index (χ3v) is 1.10. The predicted molar refractivity (Wildman–Crippen MR) is 39.2 cm³/mol. The Morgan fingerprint density at radius 3 is 2.00 bits per heavy atom. The van der Waals surface area contributed by atoms with E-state index in [1.807, 2.05) is 0 Å².